The number of rotatable bonds is 6. The minimum Gasteiger partial charge on any atom is -0.368 e. The summed E-state index contributed by atoms with van der Waals surface area (Å²) in [4.78, 5) is 36.6. The van der Waals surface area contributed by atoms with Crippen LogP contribution in [0.15, 0.2) is 79.0 Å². The van der Waals surface area contributed by atoms with Crippen LogP contribution in [0, 0.1) is 0 Å². The van der Waals surface area contributed by atoms with Crippen molar-refractivity contribution in [3.05, 3.63) is 95.8 Å². The smallest absolute Gasteiger partial charge is 0.270 e. The number of nitrogens with zero attached hydrogens (tertiary/aromatic N) is 4. The number of pyridine rings is 1. The molecule has 2 aliphatic heterocycles. The average Bonchev–Trinajstić information content (AvgIpc) is 2.95. The van der Waals surface area contributed by atoms with E-state index in [1.807, 2.05) is 29.2 Å². The highest BCUT2D eigenvalue weighted by atomic mass is 16.2. The lowest BCUT2D eigenvalue weighted by molar-refractivity contribution is 0.0745. The molecule has 2 aromatic carbocycles. The maximum atomic E-state index is 13.0. The van der Waals surface area contributed by atoms with Gasteiger partial charge in [-0.3, -0.25) is 19.5 Å². The van der Waals surface area contributed by atoms with Crippen LogP contribution in [-0.2, 0) is 6.54 Å². The highest BCUT2D eigenvalue weighted by Crippen LogP contribution is 2.17. The first-order valence-electron chi connectivity index (χ1n) is 12.8. The van der Waals surface area contributed by atoms with E-state index >= 15 is 0 Å². The van der Waals surface area contributed by atoms with Crippen LogP contribution in [0.1, 0.15) is 39.3 Å². The van der Waals surface area contributed by atoms with Crippen molar-refractivity contribution in [1.82, 2.24) is 20.1 Å². The van der Waals surface area contributed by atoms with E-state index in [0.717, 1.165) is 45.6 Å². The molecule has 186 valence electrons. The van der Waals surface area contributed by atoms with Crippen molar-refractivity contribution in [1.29, 1.82) is 0 Å². The number of piperazine rings is 1. The fourth-order valence-corrected chi connectivity index (χ4v) is 4.98. The van der Waals surface area contributed by atoms with Gasteiger partial charge in [0.25, 0.3) is 11.8 Å². The van der Waals surface area contributed by atoms with Crippen LogP contribution in [0.4, 0.5) is 5.69 Å². The molecule has 0 atom stereocenters. The normalized spacial score (nSPS) is 17.1. The molecule has 1 aromatic heterocycles. The molecule has 36 heavy (non-hydrogen) atoms. The second-order valence-electron chi connectivity index (χ2n) is 9.56. The molecule has 0 radical (unpaired) electrons. The Labute approximate surface area is 212 Å². The summed E-state index contributed by atoms with van der Waals surface area (Å²) in [7, 11) is 0. The van der Waals surface area contributed by atoms with Crippen LogP contribution in [-0.4, -0.2) is 71.9 Å². The molecule has 3 aromatic rings. The lowest BCUT2D eigenvalue weighted by Gasteiger charge is -2.36. The van der Waals surface area contributed by atoms with Gasteiger partial charge in [-0.25, -0.2) is 0 Å². The van der Waals surface area contributed by atoms with Crippen molar-refractivity contribution in [3.8, 4) is 0 Å². The van der Waals surface area contributed by atoms with Crippen LogP contribution in [0.5, 0.6) is 0 Å². The van der Waals surface area contributed by atoms with Gasteiger partial charge in [-0.1, -0.05) is 48.5 Å². The zero-order chi connectivity index (χ0) is 24.7. The number of anilines is 1. The van der Waals surface area contributed by atoms with Gasteiger partial charge in [0.2, 0.25) is 0 Å². The van der Waals surface area contributed by atoms with E-state index in [0.29, 0.717) is 24.3 Å². The maximum absolute atomic E-state index is 13.0. The lowest BCUT2D eigenvalue weighted by Crippen LogP contribution is -2.48. The van der Waals surface area contributed by atoms with Crippen molar-refractivity contribution >= 4 is 17.5 Å². The van der Waals surface area contributed by atoms with Crippen molar-refractivity contribution < 1.29 is 9.59 Å². The molecule has 7 nitrogen and oxygen atoms in total. The number of amides is 2. The van der Waals surface area contributed by atoms with Crippen LogP contribution in [0.3, 0.4) is 0 Å². The number of benzene rings is 2. The summed E-state index contributed by atoms with van der Waals surface area (Å²) in [6.07, 6.45) is 3.37. The third kappa shape index (κ3) is 5.91. The first-order chi connectivity index (χ1) is 17.7. The van der Waals surface area contributed by atoms with Gasteiger partial charge in [-0.15, -0.1) is 0 Å². The summed E-state index contributed by atoms with van der Waals surface area (Å²) in [6, 6.07) is 24.3. The number of hydrogen-bond donors (Lipinski definition) is 1. The molecule has 5 rings (SSSR count). The Bertz CT molecular complexity index is 1140. The van der Waals surface area contributed by atoms with Gasteiger partial charge in [0, 0.05) is 63.7 Å². The predicted octanol–water partition coefficient (Wildman–Crippen LogP) is 3.44. The van der Waals surface area contributed by atoms with E-state index in [9.17, 15) is 9.59 Å². The first kappa shape index (κ1) is 24.0. The molecule has 2 saturated heterocycles. The van der Waals surface area contributed by atoms with Crippen molar-refractivity contribution in [2.24, 2.45) is 0 Å². The number of nitrogens with one attached hydrogen (secondary N) is 1. The number of carbonyl (C=O) groups excluding carboxylic acids is 2. The Morgan fingerprint density at radius 3 is 2.11 bits per heavy atom. The van der Waals surface area contributed by atoms with Crippen LogP contribution in [0.2, 0.25) is 0 Å². The van der Waals surface area contributed by atoms with Gasteiger partial charge in [0.15, 0.2) is 0 Å². The highest BCUT2D eigenvalue weighted by molar-refractivity contribution is 5.96. The number of hydrogen-bond acceptors (Lipinski definition) is 5. The molecule has 0 saturated carbocycles. The second kappa shape index (κ2) is 11.4. The third-order valence-corrected chi connectivity index (χ3v) is 7.10. The zero-order valence-corrected chi connectivity index (χ0v) is 20.6. The first-order valence-corrected chi connectivity index (χ1v) is 12.8. The van der Waals surface area contributed by atoms with Crippen molar-refractivity contribution in [3.63, 3.8) is 0 Å². The third-order valence-electron chi connectivity index (χ3n) is 7.10. The molecule has 7 heteroatoms. The van der Waals surface area contributed by atoms with Gasteiger partial charge < -0.3 is 15.1 Å². The van der Waals surface area contributed by atoms with Gasteiger partial charge in [0.05, 0.1) is 5.56 Å². The second-order valence-corrected chi connectivity index (χ2v) is 9.56. The van der Waals surface area contributed by atoms with Crippen molar-refractivity contribution in [2.75, 3.05) is 44.2 Å². The highest BCUT2D eigenvalue weighted by Gasteiger charge is 2.24. The minimum absolute atomic E-state index is 0.0343. The SMILES string of the molecule is O=C(NC1CCN(Cc2ccccc2)CC1)c1ccc(C(=O)N2CCN(c3ccccc3)CC2)cn1. The van der Waals surface area contributed by atoms with E-state index in [2.05, 4.69) is 56.5 Å². The van der Waals surface area contributed by atoms with Crippen LogP contribution in [0.25, 0.3) is 0 Å². The fourth-order valence-electron chi connectivity index (χ4n) is 4.98. The molecule has 0 bridgehead atoms. The molecule has 3 heterocycles. The molecule has 2 aliphatic rings. The van der Waals surface area contributed by atoms with E-state index in [1.54, 1.807) is 12.1 Å². The van der Waals surface area contributed by atoms with Crippen LogP contribution >= 0.6 is 0 Å². The molecule has 2 amide bonds. The molecule has 2 fully saturated rings. The molecular weight excluding hydrogens is 450 g/mol. The zero-order valence-electron chi connectivity index (χ0n) is 20.6. The number of likely N-dealkylation sites (tertiary alicyclic amines) is 1. The van der Waals surface area contributed by atoms with Gasteiger partial charge in [-0.2, -0.15) is 0 Å². The van der Waals surface area contributed by atoms with Gasteiger partial charge in [0.1, 0.15) is 5.69 Å². The average molecular weight is 484 g/mol. The summed E-state index contributed by atoms with van der Waals surface area (Å²) < 4.78 is 0. The molecule has 0 spiro atoms. The van der Waals surface area contributed by atoms with E-state index in [1.165, 1.54) is 17.4 Å². The summed E-state index contributed by atoms with van der Waals surface area (Å²) in [5.74, 6) is -0.208. The molecule has 0 aliphatic carbocycles. The number of carbonyl (C=O) groups is 2. The standard InChI is InChI=1S/C29H33N5O2/c35-28(31-25-13-15-32(16-14-25)22-23-7-3-1-4-8-23)27-12-11-24(21-30-27)29(36)34-19-17-33(18-20-34)26-9-5-2-6-10-26/h1-12,21,25H,13-20,22H2,(H,31,35). The molecule has 1 N–H and O–H groups in total. The Morgan fingerprint density at radius 2 is 1.47 bits per heavy atom. The van der Waals surface area contributed by atoms with Gasteiger partial charge >= 0.3 is 0 Å². The van der Waals surface area contributed by atoms with E-state index in [-0.39, 0.29) is 17.9 Å². The summed E-state index contributed by atoms with van der Waals surface area (Å²) in [5.41, 5.74) is 3.38. The quantitative estimate of drug-likeness (QED) is 0.582. The molecular formula is C29H33N5O2. The Kier molecular flexibility index (Phi) is 7.57. The molecule has 0 unspecified atom stereocenters. The summed E-state index contributed by atoms with van der Waals surface area (Å²) in [5, 5.41) is 3.12. The Balaban J connectivity index is 1.08. The predicted molar refractivity (Wildman–Crippen MR) is 141 cm³/mol. The Hall–Kier alpha value is -3.71. The topological polar surface area (TPSA) is 68.8 Å². The number of aromatic nitrogens is 1. The number of piperidine rings is 1. The minimum atomic E-state index is -0.174. The number of para-hydroxylation sites is 1. The fraction of sp³-hybridized carbons (Fsp3) is 0.345. The summed E-state index contributed by atoms with van der Waals surface area (Å²) in [6.45, 7) is 5.79. The Morgan fingerprint density at radius 1 is 0.806 bits per heavy atom. The van der Waals surface area contributed by atoms with E-state index < -0.39 is 0 Å². The van der Waals surface area contributed by atoms with Crippen LogP contribution < -0.4 is 10.2 Å². The summed E-state index contributed by atoms with van der Waals surface area (Å²) >= 11 is 0. The van der Waals surface area contributed by atoms with Gasteiger partial charge in [-0.05, 0) is 42.7 Å². The maximum Gasteiger partial charge on any atom is 0.270 e. The monoisotopic (exact) mass is 483 g/mol. The lowest BCUT2D eigenvalue weighted by atomic mass is 10.0. The largest absolute Gasteiger partial charge is 0.368 e. The van der Waals surface area contributed by atoms with Crippen molar-refractivity contribution in [2.45, 2.75) is 25.4 Å². The van der Waals surface area contributed by atoms with E-state index in [4.69, 9.17) is 0 Å².